The summed E-state index contributed by atoms with van der Waals surface area (Å²) < 4.78 is 15.4. The van der Waals surface area contributed by atoms with Crippen molar-refractivity contribution < 1.29 is 28.9 Å². The van der Waals surface area contributed by atoms with Gasteiger partial charge < -0.3 is 19.3 Å². The van der Waals surface area contributed by atoms with Crippen molar-refractivity contribution in [2.24, 2.45) is 0 Å². The van der Waals surface area contributed by atoms with Crippen LogP contribution in [0, 0.1) is 0 Å². The number of hydrogen-bond acceptors (Lipinski definition) is 6. The molecule has 1 N–H and O–H groups in total. The molecule has 0 unspecified atom stereocenters. The molecule has 1 aromatic carbocycles. The number of benzene rings is 1. The summed E-state index contributed by atoms with van der Waals surface area (Å²) in [5, 5.41) is 9.79. The number of hydrogen-bond donors (Lipinski definition) is 1. The van der Waals surface area contributed by atoms with Gasteiger partial charge in [0.1, 0.15) is 5.76 Å². The molecule has 6 heteroatoms. The number of methoxy groups -OCH3 is 3. The topological polar surface area (TPSA) is 82.1 Å². The summed E-state index contributed by atoms with van der Waals surface area (Å²) >= 11 is 0. The van der Waals surface area contributed by atoms with Crippen molar-refractivity contribution in [2.45, 2.75) is 0 Å². The fraction of sp³-hybridized carbons (Fsp3) is 0.231. The van der Waals surface area contributed by atoms with E-state index in [2.05, 4.69) is 0 Å². The predicted octanol–water partition coefficient (Wildman–Crippen LogP) is 1.38. The molecule has 0 aromatic heterocycles. The van der Waals surface area contributed by atoms with Crippen LogP contribution in [0.15, 0.2) is 12.1 Å². The molecular weight excluding hydrogens is 252 g/mol. The van der Waals surface area contributed by atoms with Gasteiger partial charge in [-0.25, -0.2) is 0 Å². The molecule has 100 valence electrons. The van der Waals surface area contributed by atoms with Crippen LogP contribution in [-0.2, 0) is 4.79 Å². The summed E-state index contributed by atoms with van der Waals surface area (Å²) in [6.45, 7) is 0. The Morgan fingerprint density at radius 3 is 2.16 bits per heavy atom. The molecule has 0 radical (unpaired) electrons. The Labute approximate surface area is 109 Å². The lowest BCUT2D eigenvalue weighted by Gasteiger charge is -2.20. The SMILES string of the molecule is COc1cc2c(c(OC)c1OC)C(=O)C(=O)C=C2O. The third-order valence-corrected chi connectivity index (χ3v) is 2.82. The van der Waals surface area contributed by atoms with Gasteiger partial charge in [0.2, 0.25) is 17.3 Å². The summed E-state index contributed by atoms with van der Waals surface area (Å²) in [5.74, 6) is -1.32. The summed E-state index contributed by atoms with van der Waals surface area (Å²) in [7, 11) is 4.14. The van der Waals surface area contributed by atoms with Gasteiger partial charge in [-0.15, -0.1) is 0 Å². The van der Waals surface area contributed by atoms with Crippen LogP contribution in [0.3, 0.4) is 0 Å². The van der Waals surface area contributed by atoms with Crippen LogP contribution < -0.4 is 14.2 Å². The monoisotopic (exact) mass is 264 g/mol. The fourth-order valence-electron chi connectivity index (χ4n) is 1.97. The average Bonchev–Trinajstić information content (AvgIpc) is 2.42. The average molecular weight is 264 g/mol. The Morgan fingerprint density at radius 1 is 1.00 bits per heavy atom. The number of carbonyl (C=O) groups excluding carboxylic acids is 2. The molecule has 0 amide bonds. The van der Waals surface area contributed by atoms with Gasteiger partial charge in [0.15, 0.2) is 11.5 Å². The van der Waals surface area contributed by atoms with E-state index in [1.165, 1.54) is 27.4 Å². The standard InChI is InChI=1S/C13H12O6/c1-17-9-4-6-7(14)5-8(15)11(16)10(6)13(19-3)12(9)18-2/h4-5,14H,1-3H3. The van der Waals surface area contributed by atoms with Gasteiger partial charge in [-0.05, 0) is 6.07 Å². The van der Waals surface area contributed by atoms with Crippen LogP contribution >= 0.6 is 0 Å². The number of allylic oxidation sites excluding steroid dienone is 1. The summed E-state index contributed by atoms with van der Waals surface area (Å²) in [6, 6.07) is 1.42. The van der Waals surface area contributed by atoms with E-state index in [0.29, 0.717) is 5.75 Å². The molecule has 2 rings (SSSR count). The quantitative estimate of drug-likeness (QED) is 0.830. The smallest absolute Gasteiger partial charge is 0.237 e. The molecule has 1 aliphatic rings. The highest BCUT2D eigenvalue weighted by atomic mass is 16.5. The van der Waals surface area contributed by atoms with Gasteiger partial charge in [0.25, 0.3) is 0 Å². The molecule has 0 saturated carbocycles. The number of carbonyl (C=O) groups is 2. The first kappa shape index (κ1) is 12.9. The molecule has 19 heavy (non-hydrogen) atoms. The summed E-state index contributed by atoms with van der Waals surface area (Å²) in [5.41, 5.74) is 0.157. The maximum atomic E-state index is 11.9. The molecule has 1 aliphatic carbocycles. The number of aliphatic hydroxyl groups is 1. The van der Waals surface area contributed by atoms with Crippen molar-refractivity contribution in [3.05, 3.63) is 23.3 Å². The predicted molar refractivity (Wildman–Crippen MR) is 66.0 cm³/mol. The first-order chi connectivity index (χ1) is 9.04. The Bertz CT molecular complexity index is 600. The first-order valence-electron chi connectivity index (χ1n) is 5.37. The van der Waals surface area contributed by atoms with E-state index in [1.54, 1.807) is 0 Å². The normalized spacial score (nSPS) is 13.7. The zero-order chi connectivity index (χ0) is 14.2. The Morgan fingerprint density at radius 2 is 1.63 bits per heavy atom. The zero-order valence-electron chi connectivity index (χ0n) is 10.6. The largest absolute Gasteiger partial charge is 0.507 e. The number of rotatable bonds is 3. The van der Waals surface area contributed by atoms with E-state index in [0.717, 1.165) is 6.08 Å². The van der Waals surface area contributed by atoms with E-state index in [1.807, 2.05) is 0 Å². The highest BCUT2D eigenvalue weighted by molar-refractivity contribution is 6.51. The number of fused-ring (bicyclic) bond motifs is 1. The van der Waals surface area contributed by atoms with Gasteiger partial charge >= 0.3 is 0 Å². The van der Waals surface area contributed by atoms with E-state index in [4.69, 9.17) is 14.2 Å². The molecule has 1 aromatic rings. The molecule has 0 atom stereocenters. The van der Waals surface area contributed by atoms with Crippen LogP contribution in [0.2, 0.25) is 0 Å². The van der Waals surface area contributed by atoms with Crippen molar-refractivity contribution >= 4 is 17.3 Å². The minimum atomic E-state index is -0.810. The molecule has 0 heterocycles. The minimum Gasteiger partial charge on any atom is -0.507 e. The second kappa shape index (κ2) is 4.64. The van der Waals surface area contributed by atoms with Gasteiger partial charge in [-0.1, -0.05) is 0 Å². The van der Waals surface area contributed by atoms with Crippen LogP contribution in [0.1, 0.15) is 15.9 Å². The highest BCUT2D eigenvalue weighted by Crippen LogP contribution is 2.44. The van der Waals surface area contributed by atoms with Crippen molar-refractivity contribution in [2.75, 3.05) is 21.3 Å². The number of ether oxygens (including phenoxy) is 3. The zero-order valence-corrected chi connectivity index (χ0v) is 10.6. The molecule has 0 fully saturated rings. The highest BCUT2D eigenvalue weighted by Gasteiger charge is 2.33. The number of Topliss-reactive ketones (excluding diaryl/α,β-unsaturated/α-hetero) is 1. The number of ketones is 2. The molecule has 6 nitrogen and oxygen atoms in total. The second-order valence-corrected chi connectivity index (χ2v) is 3.79. The van der Waals surface area contributed by atoms with E-state index < -0.39 is 11.6 Å². The van der Waals surface area contributed by atoms with E-state index in [-0.39, 0.29) is 28.4 Å². The van der Waals surface area contributed by atoms with Gasteiger partial charge in [0, 0.05) is 11.6 Å². The molecule has 0 saturated heterocycles. The third-order valence-electron chi connectivity index (χ3n) is 2.82. The third kappa shape index (κ3) is 1.81. The second-order valence-electron chi connectivity index (χ2n) is 3.79. The van der Waals surface area contributed by atoms with E-state index >= 15 is 0 Å². The van der Waals surface area contributed by atoms with E-state index in [9.17, 15) is 14.7 Å². The Kier molecular flexibility index (Phi) is 3.16. The van der Waals surface area contributed by atoms with Gasteiger partial charge in [-0.3, -0.25) is 9.59 Å². The lowest BCUT2D eigenvalue weighted by molar-refractivity contribution is -0.111. The summed E-state index contributed by atoms with van der Waals surface area (Å²) in [4.78, 5) is 23.4. The summed E-state index contributed by atoms with van der Waals surface area (Å²) in [6.07, 6.45) is 0.871. The van der Waals surface area contributed by atoms with Crippen LogP contribution in [0.5, 0.6) is 17.2 Å². The van der Waals surface area contributed by atoms with Crippen molar-refractivity contribution in [1.29, 1.82) is 0 Å². The maximum absolute atomic E-state index is 11.9. The van der Waals surface area contributed by atoms with Crippen LogP contribution in [0.25, 0.3) is 5.76 Å². The van der Waals surface area contributed by atoms with Crippen molar-refractivity contribution in [1.82, 2.24) is 0 Å². The van der Waals surface area contributed by atoms with Crippen molar-refractivity contribution in [3.8, 4) is 17.2 Å². The lowest BCUT2D eigenvalue weighted by Crippen LogP contribution is -2.20. The molecule has 0 spiro atoms. The Hall–Kier alpha value is -2.50. The van der Waals surface area contributed by atoms with Crippen molar-refractivity contribution in [3.63, 3.8) is 0 Å². The molecule has 0 aliphatic heterocycles. The van der Waals surface area contributed by atoms with Crippen LogP contribution in [0.4, 0.5) is 0 Å². The maximum Gasteiger partial charge on any atom is 0.237 e. The fourth-order valence-corrected chi connectivity index (χ4v) is 1.97. The van der Waals surface area contributed by atoms with Gasteiger partial charge in [-0.2, -0.15) is 0 Å². The molecular formula is C13H12O6. The minimum absolute atomic E-state index is 0.0230. The van der Waals surface area contributed by atoms with Crippen LogP contribution in [-0.4, -0.2) is 38.0 Å². The number of aliphatic hydroxyl groups excluding tert-OH is 1. The van der Waals surface area contributed by atoms with Gasteiger partial charge in [0.05, 0.1) is 26.9 Å². The molecule has 0 bridgehead atoms. The first-order valence-corrected chi connectivity index (χ1v) is 5.37. The Balaban J connectivity index is 2.85. The lowest BCUT2D eigenvalue weighted by atomic mass is 9.92.